The van der Waals surface area contributed by atoms with Gasteiger partial charge in [0.25, 0.3) is 0 Å². The van der Waals surface area contributed by atoms with E-state index in [1.165, 1.54) is 83.5 Å². The van der Waals surface area contributed by atoms with Gasteiger partial charge in [0.1, 0.15) is 0 Å². The first-order valence-corrected chi connectivity index (χ1v) is 15.2. The molecule has 224 valence electrons. The minimum absolute atomic E-state index is 0.0409. The lowest BCUT2D eigenvalue weighted by Gasteiger charge is -2.08. The van der Waals surface area contributed by atoms with Gasteiger partial charge in [-0.25, -0.2) is 0 Å². The Morgan fingerprint density at radius 3 is 1.08 bits per heavy atom. The molecule has 0 atom stereocenters. The second kappa shape index (κ2) is 35.7. The van der Waals surface area contributed by atoms with E-state index in [1.807, 2.05) is 0 Å². The summed E-state index contributed by atoms with van der Waals surface area (Å²) in [6, 6.07) is 0. The standard InChI is InChI=1S/C29H61NO7/c1-2-3-4-5-6-7-8-9-10-11-12-13-14-15-30-16-18-32-20-22-34-24-26-36-28-29-37-27-25-35-23-21-33-19-17-31/h30-31H,2-29H2,1H3. The summed E-state index contributed by atoms with van der Waals surface area (Å²) < 4.78 is 32.4. The highest BCUT2D eigenvalue weighted by atomic mass is 16.6. The zero-order valence-corrected chi connectivity index (χ0v) is 24.2. The SMILES string of the molecule is CCCCCCCCCCCCCCCNCCOCCOCCOCCOCCOCCOCCO. The van der Waals surface area contributed by atoms with E-state index in [1.54, 1.807) is 0 Å². The maximum Gasteiger partial charge on any atom is 0.0701 e. The Hall–Kier alpha value is -0.320. The molecule has 8 heteroatoms. The first kappa shape index (κ1) is 36.7. The van der Waals surface area contributed by atoms with Crippen LogP contribution < -0.4 is 5.32 Å². The third-order valence-electron chi connectivity index (χ3n) is 5.98. The number of aliphatic hydroxyl groups excluding tert-OH is 1. The van der Waals surface area contributed by atoms with Crippen molar-refractivity contribution in [3.8, 4) is 0 Å². The van der Waals surface area contributed by atoms with Crippen molar-refractivity contribution in [2.45, 2.75) is 90.4 Å². The monoisotopic (exact) mass is 535 g/mol. The number of hydrogen-bond donors (Lipinski definition) is 2. The Balaban J connectivity index is 3.00. The molecular formula is C29H61NO7. The lowest BCUT2D eigenvalue weighted by molar-refractivity contribution is -0.0180. The number of ether oxygens (including phenoxy) is 6. The van der Waals surface area contributed by atoms with Crippen molar-refractivity contribution in [2.75, 3.05) is 99.0 Å². The number of aliphatic hydroxyl groups is 1. The van der Waals surface area contributed by atoms with Crippen molar-refractivity contribution in [1.82, 2.24) is 5.32 Å². The van der Waals surface area contributed by atoms with Crippen LogP contribution in [0, 0.1) is 0 Å². The van der Waals surface area contributed by atoms with Gasteiger partial charge in [-0.15, -0.1) is 0 Å². The molecule has 0 aliphatic rings. The molecule has 0 aliphatic carbocycles. The van der Waals surface area contributed by atoms with E-state index in [0.717, 1.165) is 19.7 Å². The maximum atomic E-state index is 8.57. The summed E-state index contributed by atoms with van der Waals surface area (Å²) in [6.07, 6.45) is 18.2. The van der Waals surface area contributed by atoms with E-state index in [0.29, 0.717) is 72.7 Å². The van der Waals surface area contributed by atoms with E-state index in [4.69, 9.17) is 33.5 Å². The summed E-state index contributed by atoms with van der Waals surface area (Å²) in [5, 5.41) is 12.0. The van der Waals surface area contributed by atoms with Crippen molar-refractivity contribution < 1.29 is 33.5 Å². The van der Waals surface area contributed by atoms with E-state index in [9.17, 15) is 0 Å². The number of unbranched alkanes of at least 4 members (excludes halogenated alkanes) is 12. The summed E-state index contributed by atoms with van der Waals surface area (Å²) in [4.78, 5) is 0. The fourth-order valence-electron chi connectivity index (χ4n) is 3.80. The fourth-order valence-corrected chi connectivity index (χ4v) is 3.80. The molecule has 0 rings (SSSR count). The number of nitrogens with one attached hydrogen (secondary N) is 1. The molecule has 8 nitrogen and oxygen atoms in total. The third kappa shape index (κ3) is 35.7. The molecule has 0 aromatic rings. The van der Waals surface area contributed by atoms with Crippen molar-refractivity contribution in [3.05, 3.63) is 0 Å². The molecule has 37 heavy (non-hydrogen) atoms. The largest absolute Gasteiger partial charge is 0.394 e. The number of rotatable bonds is 34. The van der Waals surface area contributed by atoms with Crippen LogP contribution >= 0.6 is 0 Å². The Morgan fingerprint density at radius 2 is 0.703 bits per heavy atom. The average Bonchev–Trinajstić information content (AvgIpc) is 2.91. The minimum atomic E-state index is 0.0409. The summed E-state index contributed by atoms with van der Waals surface area (Å²) in [5.41, 5.74) is 0. The topological polar surface area (TPSA) is 87.6 Å². The molecule has 0 bridgehead atoms. The van der Waals surface area contributed by atoms with Crippen molar-refractivity contribution in [1.29, 1.82) is 0 Å². The van der Waals surface area contributed by atoms with Gasteiger partial charge in [0, 0.05) is 6.54 Å². The summed E-state index contributed by atoms with van der Waals surface area (Å²) in [6.45, 7) is 10.9. The number of hydrogen-bond acceptors (Lipinski definition) is 8. The van der Waals surface area contributed by atoms with Crippen LogP contribution in [0.3, 0.4) is 0 Å². The second-order valence-corrected chi connectivity index (χ2v) is 9.39. The smallest absolute Gasteiger partial charge is 0.0701 e. The van der Waals surface area contributed by atoms with Gasteiger partial charge in [-0.3, -0.25) is 0 Å². The Bertz CT molecular complexity index is 357. The minimum Gasteiger partial charge on any atom is -0.394 e. The Kier molecular flexibility index (Phi) is 35.4. The zero-order chi connectivity index (χ0) is 26.7. The molecule has 0 aliphatic heterocycles. The molecule has 0 unspecified atom stereocenters. The fraction of sp³-hybridized carbons (Fsp3) is 1.00. The lowest BCUT2D eigenvalue weighted by Crippen LogP contribution is -2.22. The summed E-state index contributed by atoms with van der Waals surface area (Å²) in [5.74, 6) is 0. The molecule has 0 aromatic carbocycles. The van der Waals surface area contributed by atoms with Crippen molar-refractivity contribution in [2.24, 2.45) is 0 Å². The highest BCUT2D eigenvalue weighted by molar-refractivity contribution is 4.51. The first-order chi connectivity index (χ1) is 18.4. The molecule has 0 fully saturated rings. The van der Waals surface area contributed by atoms with Crippen LogP contribution in [-0.2, 0) is 28.4 Å². The first-order valence-electron chi connectivity index (χ1n) is 15.2. The normalized spacial score (nSPS) is 11.5. The predicted octanol–water partition coefficient (Wildman–Crippen LogP) is 4.76. The third-order valence-corrected chi connectivity index (χ3v) is 5.98. The maximum absolute atomic E-state index is 8.57. The van der Waals surface area contributed by atoms with Gasteiger partial charge in [0.2, 0.25) is 0 Å². The van der Waals surface area contributed by atoms with Crippen LogP contribution in [0.1, 0.15) is 90.4 Å². The van der Waals surface area contributed by atoms with Gasteiger partial charge < -0.3 is 38.8 Å². The van der Waals surface area contributed by atoms with Gasteiger partial charge >= 0.3 is 0 Å². The van der Waals surface area contributed by atoms with Crippen LogP contribution in [0.2, 0.25) is 0 Å². The Morgan fingerprint density at radius 1 is 0.378 bits per heavy atom. The van der Waals surface area contributed by atoms with Crippen LogP contribution in [-0.4, -0.2) is 104 Å². The van der Waals surface area contributed by atoms with E-state index in [2.05, 4.69) is 12.2 Å². The van der Waals surface area contributed by atoms with Gasteiger partial charge in [-0.1, -0.05) is 84.0 Å². The van der Waals surface area contributed by atoms with Gasteiger partial charge in [-0.05, 0) is 13.0 Å². The summed E-state index contributed by atoms with van der Waals surface area (Å²) in [7, 11) is 0. The molecule has 0 saturated heterocycles. The molecule has 0 spiro atoms. The Labute approximate surface area is 228 Å². The molecule has 0 radical (unpaired) electrons. The van der Waals surface area contributed by atoms with Crippen LogP contribution in [0.25, 0.3) is 0 Å². The van der Waals surface area contributed by atoms with Crippen LogP contribution in [0.5, 0.6) is 0 Å². The molecule has 0 heterocycles. The molecule has 0 amide bonds. The molecular weight excluding hydrogens is 474 g/mol. The van der Waals surface area contributed by atoms with Crippen molar-refractivity contribution in [3.63, 3.8) is 0 Å². The molecule has 0 aromatic heterocycles. The van der Waals surface area contributed by atoms with Crippen LogP contribution in [0.4, 0.5) is 0 Å². The zero-order valence-electron chi connectivity index (χ0n) is 24.2. The highest BCUT2D eigenvalue weighted by Crippen LogP contribution is 2.12. The molecule has 0 saturated carbocycles. The molecule has 2 N–H and O–H groups in total. The van der Waals surface area contributed by atoms with E-state index >= 15 is 0 Å². The lowest BCUT2D eigenvalue weighted by atomic mass is 10.0. The van der Waals surface area contributed by atoms with E-state index in [-0.39, 0.29) is 6.61 Å². The predicted molar refractivity (Wildman–Crippen MR) is 151 cm³/mol. The van der Waals surface area contributed by atoms with E-state index < -0.39 is 0 Å². The van der Waals surface area contributed by atoms with Crippen LogP contribution in [0.15, 0.2) is 0 Å². The second-order valence-electron chi connectivity index (χ2n) is 9.39. The highest BCUT2D eigenvalue weighted by Gasteiger charge is 1.96. The van der Waals surface area contributed by atoms with Gasteiger partial charge in [0.05, 0.1) is 85.9 Å². The quantitative estimate of drug-likeness (QED) is 0.114. The van der Waals surface area contributed by atoms with Gasteiger partial charge in [0.15, 0.2) is 0 Å². The average molecular weight is 536 g/mol. The van der Waals surface area contributed by atoms with Gasteiger partial charge in [-0.2, -0.15) is 0 Å². The van der Waals surface area contributed by atoms with Crippen molar-refractivity contribution >= 4 is 0 Å². The summed E-state index contributed by atoms with van der Waals surface area (Å²) >= 11 is 0.